The Morgan fingerprint density at radius 1 is 1.14 bits per heavy atom. The number of carbonyl (C=O) groups is 1. The SMILES string of the molecule is O=C(NO)[C@@H]1[C@H](c2ccccc2)[C@H]1c1ccc2c(c1)CN(CC(F)(F)F)CCO2. The van der Waals surface area contributed by atoms with Crippen LogP contribution < -0.4 is 10.2 Å². The molecule has 1 saturated carbocycles. The van der Waals surface area contributed by atoms with Crippen LogP contribution in [0.2, 0.25) is 0 Å². The van der Waals surface area contributed by atoms with Crippen LogP contribution in [0, 0.1) is 5.92 Å². The topological polar surface area (TPSA) is 61.8 Å². The number of halogens is 3. The lowest BCUT2D eigenvalue weighted by molar-refractivity contribution is -0.147. The largest absolute Gasteiger partial charge is 0.492 e. The van der Waals surface area contributed by atoms with E-state index in [1.54, 1.807) is 11.5 Å². The molecule has 1 heterocycles. The molecule has 154 valence electrons. The number of nitrogens with zero attached hydrogens (tertiary/aromatic N) is 1. The van der Waals surface area contributed by atoms with Crippen molar-refractivity contribution in [2.75, 3.05) is 19.7 Å². The summed E-state index contributed by atoms with van der Waals surface area (Å²) in [5, 5.41) is 9.11. The fourth-order valence-electron chi connectivity index (χ4n) is 4.28. The van der Waals surface area contributed by atoms with Gasteiger partial charge in [0, 0.05) is 30.5 Å². The Labute approximate surface area is 166 Å². The number of rotatable bonds is 4. The van der Waals surface area contributed by atoms with Gasteiger partial charge < -0.3 is 4.74 Å². The Morgan fingerprint density at radius 3 is 2.55 bits per heavy atom. The fourth-order valence-corrected chi connectivity index (χ4v) is 4.28. The van der Waals surface area contributed by atoms with Crippen molar-refractivity contribution in [3.05, 3.63) is 65.2 Å². The molecule has 0 unspecified atom stereocenters. The normalized spacial score (nSPS) is 24.2. The third-order valence-electron chi connectivity index (χ3n) is 5.55. The summed E-state index contributed by atoms with van der Waals surface area (Å²) < 4.78 is 44.1. The van der Waals surface area contributed by atoms with Crippen LogP contribution in [0.25, 0.3) is 0 Å². The van der Waals surface area contributed by atoms with Gasteiger partial charge in [0.25, 0.3) is 0 Å². The van der Waals surface area contributed by atoms with Gasteiger partial charge in [-0.15, -0.1) is 0 Å². The van der Waals surface area contributed by atoms with Crippen molar-refractivity contribution in [1.82, 2.24) is 10.4 Å². The van der Waals surface area contributed by atoms with Gasteiger partial charge in [0.1, 0.15) is 12.4 Å². The maximum Gasteiger partial charge on any atom is 0.401 e. The molecule has 0 bridgehead atoms. The Kier molecular flexibility index (Phi) is 5.23. The molecule has 3 atom stereocenters. The molecule has 1 amide bonds. The molecule has 8 heteroatoms. The number of carbonyl (C=O) groups excluding carboxylic acids is 1. The lowest BCUT2D eigenvalue weighted by Gasteiger charge is -2.20. The van der Waals surface area contributed by atoms with E-state index in [9.17, 15) is 18.0 Å². The highest BCUT2D eigenvalue weighted by Gasteiger charge is 2.56. The number of ether oxygens (including phenoxy) is 1. The average Bonchev–Trinajstić information content (AvgIpc) is 3.45. The van der Waals surface area contributed by atoms with Gasteiger partial charge in [-0.05, 0) is 17.2 Å². The minimum absolute atomic E-state index is 0.0978. The first-order valence-corrected chi connectivity index (χ1v) is 9.41. The third kappa shape index (κ3) is 4.23. The van der Waals surface area contributed by atoms with Gasteiger partial charge in [0.15, 0.2) is 0 Å². The highest BCUT2D eigenvalue weighted by molar-refractivity contribution is 5.84. The summed E-state index contributed by atoms with van der Waals surface area (Å²) in [6, 6.07) is 15.0. The van der Waals surface area contributed by atoms with Gasteiger partial charge >= 0.3 is 6.18 Å². The molecule has 0 spiro atoms. The second-order valence-electron chi connectivity index (χ2n) is 7.51. The van der Waals surface area contributed by atoms with Crippen molar-refractivity contribution >= 4 is 5.91 Å². The van der Waals surface area contributed by atoms with Gasteiger partial charge in [0.05, 0.1) is 12.5 Å². The summed E-state index contributed by atoms with van der Waals surface area (Å²) >= 11 is 0. The van der Waals surface area contributed by atoms with Gasteiger partial charge in [-0.2, -0.15) is 13.2 Å². The van der Waals surface area contributed by atoms with E-state index in [4.69, 9.17) is 9.94 Å². The average molecular weight is 406 g/mol. The van der Waals surface area contributed by atoms with E-state index in [-0.39, 0.29) is 31.5 Å². The summed E-state index contributed by atoms with van der Waals surface area (Å²) in [5.41, 5.74) is 4.24. The van der Waals surface area contributed by atoms with Crippen molar-refractivity contribution in [3.8, 4) is 5.75 Å². The van der Waals surface area contributed by atoms with Crippen molar-refractivity contribution in [1.29, 1.82) is 0 Å². The molecule has 1 aliphatic carbocycles. The van der Waals surface area contributed by atoms with E-state index in [0.717, 1.165) is 11.1 Å². The monoisotopic (exact) mass is 406 g/mol. The predicted molar refractivity (Wildman–Crippen MR) is 98.6 cm³/mol. The number of hydrogen-bond donors (Lipinski definition) is 2. The molecule has 1 fully saturated rings. The Hall–Kier alpha value is -2.58. The second kappa shape index (κ2) is 7.68. The van der Waals surface area contributed by atoms with E-state index in [0.29, 0.717) is 11.3 Å². The van der Waals surface area contributed by atoms with Crippen LogP contribution in [0.4, 0.5) is 13.2 Å². The number of amides is 1. The number of benzene rings is 2. The molecule has 2 aliphatic rings. The Balaban J connectivity index is 1.61. The van der Waals surface area contributed by atoms with E-state index in [2.05, 4.69) is 0 Å². The number of nitrogens with one attached hydrogen (secondary N) is 1. The molecule has 0 saturated heterocycles. The Morgan fingerprint density at radius 2 is 1.86 bits per heavy atom. The number of hydrogen-bond acceptors (Lipinski definition) is 4. The molecular formula is C21H21F3N2O3. The highest BCUT2D eigenvalue weighted by Crippen LogP contribution is 2.60. The molecule has 5 nitrogen and oxygen atoms in total. The number of alkyl halides is 3. The quantitative estimate of drug-likeness (QED) is 0.603. The predicted octanol–water partition coefficient (Wildman–Crippen LogP) is 3.45. The molecule has 2 aromatic carbocycles. The van der Waals surface area contributed by atoms with Crippen LogP contribution in [0.15, 0.2) is 48.5 Å². The van der Waals surface area contributed by atoms with Crippen LogP contribution in [-0.4, -0.2) is 41.9 Å². The van der Waals surface area contributed by atoms with Gasteiger partial charge in [-0.3, -0.25) is 14.9 Å². The van der Waals surface area contributed by atoms with E-state index < -0.39 is 24.5 Å². The van der Waals surface area contributed by atoms with Crippen molar-refractivity contribution < 1.29 is 27.9 Å². The smallest absolute Gasteiger partial charge is 0.401 e. The lowest BCUT2D eigenvalue weighted by atomic mass is 10.0. The molecular weight excluding hydrogens is 385 g/mol. The summed E-state index contributed by atoms with van der Waals surface area (Å²) in [7, 11) is 0. The van der Waals surface area contributed by atoms with Gasteiger partial charge in [-0.25, -0.2) is 5.48 Å². The van der Waals surface area contributed by atoms with Crippen LogP contribution in [0.3, 0.4) is 0 Å². The van der Waals surface area contributed by atoms with Crippen LogP contribution in [-0.2, 0) is 11.3 Å². The van der Waals surface area contributed by atoms with Crippen LogP contribution >= 0.6 is 0 Å². The second-order valence-corrected chi connectivity index (χ2v) is 7.51. The zero-order valence-electron chi connectivity index (χ0n) is 15.5. The molecule has 4 rings (SSSR count). The zero-order chi connectivity index (χ0) is 20.6. The first kappa shape index (κ1) is 19.7. The number of fused-ring (bicyclic) bond motifs is 1. The number of hydroxylamine groups is 1. The van der Waals surface area contributed by atoms with Crippen LogP contribution in [0.5, 0.6) is 5.75 Å². The standard InChI is InChI=1S/C21H21F3N2O3/c22-21(23,24)12-26-8-9-29-16-7-6-14(10-15(16)11-26)18-17(19(18)20(27)25-28)13-4-2-1-3-5-13/h1-7,10,17-19,28H,8-9,11-12H2,(H,25,27)/t17-,18-,19-/m1/s1. The van der Waals surface area contributed by atoms with E-state index in [1.165, 1.54) is 4.90 Å². The first-order chi connectivity index (χ1) is 13.9. The molecule has 0 aromatic heterocycles. The lowest BCUT2D eigenvalue weighted by Crippen LogP contribution is -2.35. The van der Waals surface area contributed by atoms with Crippen molar-refractivity contribution in [2.24, 2.45) is 5.92 Å². The molecule has 29 heavy (non-hydrogen) atoms. The maximum atomic E-state index is 12.8. The van der Waals surface area contributed by atoms with Crippen molar-refractivity contribution in [3.63, 3.8) is 0 Å². The summed E-state index contributed by atoms with van der Waals surface area (Å²) in [6.07, 6.45) is -4.28. The minimum atomic E-state index is -4.28. The van der Waals surface area contributed by atoms with E-state index >= 15 is 0 Å². The fraction of sp³-hybridized carbons (Fsp3) is 0.381. The van der Waals surface area contributed by atoms with Gasteiger partial charge in [0.2, 0.25) is 5.91 Å². The molecule has 0 radical (unpaired) electrons. The van der Waals surface area contributed by atoms with E-state index in [1.807, 2.05) is 42.5 Å². The molecule has 1 aliphatic heterocycles. The van der Waals surface area contributed by atoms with Crippen LogP contribution in [0.1, 0.15) is 28.5 Å². The molecule has 2 aromatic rings. The summed E-state index contributed by atoms with van der Waals surface area (Å²) in [6.45, 7) is -0.489. The van der Waals surface area contributed by atoms with Crippen molar-refractivity contribution in [2.45, 2.75) is 24.6 Å². The highest BCUT2D eigenvalue weighted by atomic mass is 19.4. The van der Waals surface area contributed by atoms with Gasteiger partial charge in [-0.1, -0.05) is 42.5 Å². The summed E-state index contributed by atoms with van der Waals surface area (Å²) in [4.78, 5) is 13.5. The first-order valence-electron chi connectivity index (χ1n) is 9.41. The minimum Gasteiger partial charge on any atom is -0.492 e. The summed E-state index contributed by atoms with van der Waals surface area (Å²) in [5.74, 6) is -0.584. The Bertz CT molecular complexity index is 888. The maximum absolute atomic E-state index is 12.8. The molecule has 2 N–H and O–H groups in total. The third-order valence-corrected chi connectivity index (χ3v) is 5.55. The zero-order valence-corrected chi connectivity index (χ0v) is 15.5.